The third-order valence-corrected chi connectivity index (χ3v) is 8.41. The summed E-state index contributed by atoms with van der Waals surface area (Å²) >= 11 is 13.3. The summed E-state index contributed by atoms with van der Waals surface area (Å²) in [6.45, 7) is 8.88. The molecule has 5 rings (SSSR count). The third-order valence-electron chi connectivity index (χ3n) is 7.73. The van der Waals surface area contributed by atoms with Gasteiger partial charge >= 0.3 is 6.09 Å². The average molecular weight is 626 g/mol. The van der Waals surface area contributed by atoms with Crippen LogP contribution >= 0.6 is 23.2 Å². The summed E-state index contributed by atoms with van der Waals surface area (Å²) in [5.74, 6) is 0.256. The Hall–Kier alpha value is -3.53. The SMILES string of the molecule is CCC1=C[N+]2C(Cc3ccccc3Cl)=CN(Nc3ccc(C4CCN(C(=O)OC(C)(C)C)CC4)cc3Cl)C(C(N)=O)C2=N1. The molecule has 1 radical (unpaired) electrons. The molecule has 3 heterocycles. The Balaban J connectivity index is 1.36. The number of halogens is 2. The molecule has 0 aliphatic carbocycles. The van der Waals surface area contributed by atoms with E-state index in [2.05, 4.69) is 5.43 Å². The van der Waals surface area contributed by atoms with Crippen LogP contribution in [-0.2, 0) is 16.0 Å². The van der Waals surface area contributed by atoms with Crippen molar-refractivity contribution in [1.82, 2.24) is 14.8 Å². The molecule has 2 aromatic carbocycles. The minimum absolute atomic E-state index is 0.264. The fraction of sp³-hybridized carbons (Fsp3) is 0.406. The molecule has 0 saturated carbocycles. The number of anilines is 1. The number of nitrogens with zero attached hydrogens (tertiary/aromatic N) is 4. The normalized spacial score (nSPS) is 19.4. The Labute approximate surface area is 262 Å². The molecule has 1 fully saturated rings. The molecule has 2 amide bonds. The molecule has 3 aliphatic rings. The van der Waals surface area contributed by atoms with Crippen LogP contribution in [-0.4, -0.2) is 52.5 Å². The van der Waals surface area contributed by atoms with Gasteiger partial charge in [-0.2, -0.15) is 4.99 Å². The Kier molecular flexibility index (Phi) is 9.06. The predicted octanol–water partition coefficient (Wildman–Crippen LogP) is 6.49. The number of rotatable bonds is 7. The van der Waals surface area contributed by atoms with Gasteiger partial charge in [0.1, 0.15) is 11.3 Å². The van der Waals surface area contributed by atoms with Crippen molar-refractivity contribution in [3.63, 3.8) is 0 Å². The van der Waals surface area contributed by atoms with Gasteiger partial charge < -0.3 is 15.4 Å². The molecule has 3 aliphatic heterocycles. The molecule has 227 valence electrons. The lowest BCUT2D eigenvalue weighted by Crippen LogP contribution is -2.58. The van der Waals surface area contributed by atoms with Crippen LogP contribution in [0.25, 0.3) is 0 Å². The number of primary amides is 1. The first-order valence-electron chi connectivity index (χ1n) is 14.6. The summed E-state index contributed by atoms with van der Waals surface area (Å²) < 4.78 is 5.53. The number of amidine groups is 1. The van der Waals surface area contributed by atoms with Gasteiger partial charge in [-0.15, -0.1) is 0 Å². The number of ether oxygens (including phenoxy) is 1. The number of aliphatic imine (C=N–C) groups is 1. The van der Waals surface area contributed by atoms with E-state index in [1.54, 1.807) is 9.91 Å². The number of carbonyl (C=O) groups excluding carboxylic acids is 2. The monoisotopic (exact) mass is 624 g/mol. The molecule has 0 aromatic heterocycles. The van der Waals surface area contributed by atoms with Gasteiger partial charge in [0.2, 0.25) is 6.04 Å². The van der Waals surface area contributed by atoms with Gasteiger partial charge in [0.05, 0.1) is 23.3 Å². The highest BCUT2D eigenvalue weighted by molar-refractivity contribution is 6.33. The smallest absolute Gasteiger partial charge is 0.410 e. The summed E-state index contributed by atoms with van der Waals surface area (Å²) in [5, 5.41) is 2.85. The number of piperidine rings is 1. The van der Waals surface area contributed by atoms with Crippen molar-refractivity contribution in [2.24, 2.45) is 10.7 Å². The van der Waals surface area contributed by atoms with Gasteiger partial charge in [-0.3, -0.25) is 15.2 Å². The summed E-state index contributed by atoms with van der Waals surface area (Å²) in [6, 6.07) is 12.7. The van der Waals surface area contributed by atoms with E-state index in [1.807, 2.05) is 87.5 Å². The van der Waals surface area contributed by atoms with Crippen LogP contribution < -0.4 is 16.1 Å². The highest BCUT2D eigenvalue weighted by atomic mass is 35.5. The molecule has 43 heavy (non-hydrogen) atoms. The molecule has 0 spiro atoms. The maximum atomic E-state index is 12.8. The van der Waals surface area contributed by atoms with Crippen LogP contribution in [0.5, 0.6) is 0 Å². The average Bonchev–Trinajstić information content (AvgIpc) is 3.39. The highest BCUT2D eigenvalue weighted by Crippen LogP contribution is 2.35. The first-order chi connectivity index (χ1) is 20.4. The maximum absolute atomic E-state index is 12.8. The first kappa shape index (κ1) is 30.9. The van der Waals surface area contributed by atoms with Gasteiger partial charge in [-0.25, -0.2) is 4.79 Å². The standard InChI is InChI=1S/C32H38Cl2N6O3/c1-5-23-18-39-24(16-22-8-6-7-9-25(22)33)19-40(28(29(35)41)30(39)36-23)37-27-11-10-21(17-26(27)34)20-12-14-38(15-13-20)31(42)43-32(2,3)4/h6-11,17-20,28,37H,5,12-16H2,1-4H3,(H2,35,41)/q+1. The lowest BCUT2D eigenvalue weighted by Gasteiger charge is -2.34. The number of allylic oxidation sites excluding steroid dienone is 2. The molecule has 1 atom stereocenters. The summed E-state index contributed by atoms with van der Waals surface area (Å²) in [7, 11) is 0. The van der Waals surface area contributed by atoms with Crippen molar-refractivity contribution < 1.29 is 14.3 Å². The fourth-order valence-corrected chi connectivity index (χ4v) is 5.96. The number of benzene rings is 2. The summed E-state index contributed by atoms with van der Waals surface area (Å²) in [5.41, 5.74) is 13.1. The number of fused-ring (bicyclic) bond motifs is 1. The molecular formula is C32H38Cl2N6O3+. The molecule has 1 saturated heterocycles. The van der Waals surface area contributed by atoms with Crippen molar-refractivity contribution in [2.75, 3.05) is 18.5 Å². The second-order valence-corrected chi connectivity index (χ2v) is 12.8. The van der Waals surface area contributed by atoms with Gasteiger partial charge in [0, 0.05) is 18.1 Å². The van der Waals surface area contributed by atoms with Crippen LogP contribution in [0, 0.1) is 0 Å². The van der Waals surface area contributed by atoms with Crippen molar-refractivity contribution in [2.45, 2.75) is 70.9 Å². The molecule has 9 nitrogen and oxygen atoms in total. The van der Waals surface area contributed by atoms with E-state index in [0.29, 0.717) is 47.5 Å². The van der Waals surface area contributed by atoms with Crippen LogP contribution in [0.3, 0.4) is 0 Å². The zero-order valence-corrected chi connectivity index (χ0v) is 26.5. The number of amides is 2. The van der Waals surface area contributed by atoms with E-state index < -0.39 is 17.6 Å². The molecule has 2 aromatic rings. The number of carbonyl (C=O) groups is 2. The Bertz CT molecular complexity index is 1490. The second kappa shape index (κ2) is 12.6. The van der Waals surface area contributed by atoms with Crippen LogP contribution in [0.2, 0.25) is 10.0 Å². The van der Waals surface area contributed by atoms with Gasteiger partial charge in [0.25, 0.3) is 11.7 Å². The van der Waals surface area contributed by atoms with Crippen molar-refractivity contribution in [1.29, 1.82) is 0 Å². The van der Waals surface area contributed by atoms with E-state index in [4.69, 9.17) is 38.7 Å². The van der Waals surface area contributed by atoms with Crippen molar-refractivity contribution in [3.05, 3.63) is 87.4 Å². The quantitative estimate of drug-likeness (QED) is 0.342. The molecule has 3 N–H and O–H groups in total. The first-order valence-corrected chi connectivity index (χ1v) is 15.3. The predicted molar refractivity (Wildman–Crippen MR) is 171 cm³/mol. The van der Waals surface area contributed by atoms with Gasteiger partial charge in [-0.05, 0) is 75.3 Å². The fourth-order valence-electron chi connectivity index (χ4n) is 5.53. The minimum Gasteiger partial charge on any atom is -0.444 e. The number of hydrogen-bond acceptors (Lipinski definition) is 7. The van der Waals surface area contributed by atoms with Crippen molar-refractivity contribution in [3.8, 4) is 0 Å². The number of nitrogens with two attached hydrogens (primary N) is 1. The van der Waals surface area contributed by atoms with E-state index in [9.17, 15) is 9.59 Å². The van der Waals surface area contributed by atoms with Crippen LogP contribution in [0.4, 0.5) is 10.5 Å². The van der Waals surface area contributed by atoms with E-state index in [0.717, 1.165) is 35.4 Å². The summed E-state index contributed by atoms with van der Waals surface area (Å²) in [6.07, 6.45) is 6.39. The van der Waals surface area contributed by atoms with Crippen LogP contribution in [0.1, 0.15) is 64.0 Å². The van der Waals surface area contributed by atoms with E-state index >= 15 is 0 Å². The topological polar surface area (TPSA) is 106 Å². The number of hydrazine groups is 1. The zero-order chi connectivity index (χ0) is 30.9. The lowest BCUT2D eigenvalue weighted by molar-refractivity contribution is -0.120. The van der Waals surface area contributed by atoms with E-state index in [-0.39, 0.29) is 12.0 Å². The van der Waals surface area contributed by atoms with E-state index in [1.165, 1.54) is 0 Å². The lowest BCUT2D eigenvalue weighted by atomic mass is 9.89. The minimum atomic E-state index is -0.858. The highest BCUT2D eigenvalue weighted by Gasteiger charge is 2.48. The largest absolute Gasteiger partial charge is 0.444 e. The second-order valence-electron chi connectivity index (χ2n) is 12.0. The number of likely N-dealkylation sites (tertiary alicyclic amines) is 1. The Morgan fingerprint density at radius 2 is 1.84 bits per heavy atom. The van der Waals surface area contributed by atoms with Gasteiger partial charge in [0.15, 0.2) is 11.9 Å². The number of nitrogens with one attached hydrogen (secondary N) is 1. The zero-order valence-electron chi connectivity index (χ0n) is 24.9. The molecular weight excluding hydrogens is 587 g/mol. The Morgan fingerprint density at radius 1 is 1.12 bits per heavy atom. The molecule has 1 unspecified atom stereocenters. The maximum Gasteiger partial charge on any atom is 0.410 e. The number of hydrogen-bond donors (Lipinski definition) is 2. The molecule has 11 heteroatoms. The van der Waals surface area contributed by atoms with Gasteiger partial charge in [-0.1, -0.05) is 59.3 Å². The van der Waals surface area contributed by atoms with Crippen LogP contribution in [0.15, 0.2) is 71.3 Å². The third kappa shape index (κ3) is 7.00. The molecule has 0 bridgehead atoms. The Morgan fingerprint density at radius 3 is 2.47 bits per heavy atom. The van der Waals surface area contributed by atoms with Crippen molar-refractivity contribution >= 4 is 46.7 Å². The summed E-state index contributed by atoms with van der Waals surface area (Å²) in [4.78, 5) is 33.7.